The first kappa shape index (κ1) is 15.2. The van der Waals surface area contributed by atoms with Crippen molar-refractivity contribution in [3.8, 4) is 17.4 Å². The molecule has 2 aromatic heterocycles. The molecule has 0 aliphatic carbocycles. The summed E-state index contributed by atoms with van der Waals surface area (Å²) in [5, 5.41) is 7.42. The summed E-state index contributed by atoms with van der Waals surface area (Å²) in [7, 11) is 0. The second kappa shape index (κ2) is 7.56. The average molecular weight is 290 g/mol. The topological polar surface area (TPSA) is 77.8 Å². The molecule has 0 bridgehead atoms. The number of hydrogen-bond acceptors (Lipinski definition) is 6. The van der Waals surface area contributed by atoms with E-state index < -0.39 is 0 Å². The third-order valence-corrected chi connectivity index (χ3v) is 2.80. The van der Waals surface area contributed by atoms with Gasteiger partial charge in [0.25, 0.3) is 0 Å². The standard InChI is InChI=1S/C14H22N6O/c1-4-7-15-13-17-12(11-9-16-20(6-3)10-11)18-14(19-13)21-8-5-2/h9-10H,4-8H2,1-3H3,(H,15,17,18,19). The van der Waals surface area contributed by atoms with Crippen molar-refractivity contribution in [3.63, 3.8) is 0 Å². The van der Waals surface area contributed by atoms with Crippen LogP contribution in [-0.4, -0.2) is 37.9 Å². The van der Waals surface area contributed by atoms with Gasteiger partial charge in [0, 0.05) is 19.3 Å². The number of aromatic nitrogens is 5. The molecule has 0 atom stereocenters. The molecule has 7 nitrogen and oxygen atoms in total. The maximum absolute atomic E-state index is 5.54. The van der Waals surface area contributed by atoms with Crippen LogP contribution in [0, 0.1) is 0 Å². The van der Waals surface area contributed by atoms with Crippen LogP contribution in [0.4, 0.5) is 5.95 Å². The fourth-order valence-electron chi connectivity index (χ4n) is 1.71. The third-order valence-electron chi connectivity index (χ3n) is 2.80. The molecule has 0 aliphatic heterocycles. The zero-order valence-electron chi connectivity index (χ0n) is 12.8. The summed E-state index contributed by atoms with van der Waals surface area (Å²) in [6.45, 7) is 8.38. The highest BCUT2D eigenvalue weighted by Crippen LogP contribution is 2.18. The molecular formula is C14H22N6O. The fraction of sp³-hybridized carbons (Fsp3) is 0.571. The number of anilines is 1. The highest BCUT2D eigenvalue weighted by Gasteiger charge is 2.11. The molecule has 0 unspecified atom stereocenters. The summed E-state index contributed by atoms with van der Waals surface area (Å²) in [5.74, 6) is 1.12. The van der Waals surface area contributed by atoms with Crippen molar-refractivity contribution in [2.24, 2.45) is 0 Å². The molecule has 114 valence electrons. The average Bonchev–Trinajstić information content (AvgIpc) is 3.00. The monoisotopic (exact) mass is 290 g/mol. The smallest absolute Gasteiger partial charge is 0.321 e. The van der Waals surface area contributed by atoms with Crippen molar-refractivity contribution in [3.05, 3.63) is 12.4 Å². The van der Waals surface area contributed by atoms with Gasteiger partial charge in [0.2, 0.25) is 5.95 Å². The lowest BCUT2D eigenvalue weighted by atomic mass is 10.3. The van der Waals surface area contributed by atoms with Gasteiger partial charge < -0.3 is 10.1 Å². The summed E-state index contributed by atoms with van der Waals surface area (Å²) >= 11 is 0. The molecule has 1 N–H and O–H groups in total. The highest BCUT2D eigenvalue weighted by atomic mass is 16.5. The molecule has 2 aromatic rings. The number of ether oxygens (including phenoxy) is 1. The van der Waals surface area contributed by atoms with E-state index in [9.17, 15) is 0 Å². The maximum atomic E-state index is 5.54. The van der Waals surface area contributed by atoms with E-state index in [1.165, 1.54) is 0 Å². The third kappa shape index (κ3) is 4.14. The Labute approximate surface area is 124 Å². The molecule has 0 saturated carbocycles. The Bertz CT molecular complexity index is 542. The van der Waals surface area contributed by atoms with E-state index in [0.29, 0.717) is 24.4 Å². The zero-order valence-corrected chi connectivity index (χ0v) is 12.8. The van der Waals surface area contributed by atoms with Crippen LogP contribution >= 0.6 is 0 Å². The molecule has 7 heteroatoms. The summed E-state index contributed by atoms with van der Waals surface area (Å²) in [4.78, 5) is 13.1. The van der Waals surface area contributed by atoms with Crippen LogP contribution in [0.2, 0.25) is 0 Å². The van der Waals surface area contributed by atoms with E-state index in [2.05, 4.69) is 32.3 Å². The first-order valence-corrected chi connectivity index (χ1v) is 7.42. The van der Waals surface area contributed by atoms with Crippen LogP contribution in [-0.2, 0) is 6.54 Å². The highest BCUT2D eigenvalue weighted by molar-refractivity contribution is 5.54. The predicted octanol–water partition coefficient (Wildman–Crippen LogP) is 2.37. The second-order valence-electron chi connectivity index (χ2n) is 4.63. The number of hydrogen-bond donors (Lipinski definition) is 1. The van der Waals surface area contributed by atoms with Gasteiger partial charge in [0.05, 0.1) is 18.4 Å². The normalized spacial score (nSPS) is 10.6. The SMILES string of the molecule is CCCNc1nc(OCCC)nc(-c2cnn(CC)c2)n1. The van der Waals surface area contributed by atoms with Crippen LogP contribution in [0.1, 0.15) is 33.6 Å². The van der Waals surface area contributed by atoms with Gasteiger partial charge in [-0.3, -0.25) is 4.68 Å². The van der Waals surface area contributed by atoms with E-state index in [0.717, 1.165) is 31.5 Å². The number of rotatable bonds is 8. The van der Waals surface area contributed by atoms with E-state index in [4.69, 9.17) is 4.74 Å². The minimum atomic E-state index is 0.352. The molecule has 0 spiro atoms. The van der Waals surface area contributed by atoms with Gasteiger partial charge in [-0.1, -0.05) is 13.8 Å². The van der Waals surface area contributed by atoms with E-state index >= 15 is 0 Å². The zero-order chi connectivity index (χ0) is 15.1. The summed E-state index contributed by atoms with van der Waals surface area (Å²) in [6, 6.07) is 0.352. The van der Waals surface area contributed by atoms with Gasteiger partial charge in [-0.2, -0.15) is 20.1 Å². The number of nitrogens with zero attached hydrogens (tertiary/aromatic N) is 5. The van der Waals surface area contributed by atoms with Gasteiger partial charge in [0.1, 0.15) is 0 Å². The Morgan fingerprint density at radius 2 is 2.00 bits per heavy atom. The Morgan fingerprint density at radius 1 is 1.14 bits per heavy atom. The van der Waals surface area contributed by atoms with Crippen LogP contribution in [0.3, 0.4) is 0 Å². The van der Waals surface area contributed by atoms with Crippen molar-refractivity contribution in [2.75, 3.05) is 18.5 Å². The molecule has 0 saturated heterocycles. The summed E-state index contributed by atoms with van der Waals surface area (Å²) in [6.07, 6.45) is 5.58. The Hall–Kier alpha value is -2.18. The Balaban J connectivity index is 2.28. The molecule has 0 aliphatic rings. The lowest BCUT2D eigenvalue weighted by Crippen LogP contribution is -2.09. The van der Waals surface area contributed by atoms with Crippen LogP contribution in [0.15, 0.2) is 12.4 Å². The Morgan fingerprint density at radius 3 is 2.67 bits per heavy atom. The summed E-state index contributed by atoms with van der Waals surface area (Å²) in [5.41, 5.74) is 0.861. The van der Waals surface area contributed by atoms with Crippen molar-refractivity contribution >= 4 is 5.95 Å². The maximum Gasteiger partial charge on any atom is 0.321 e. The molecule has 0 radical (unpaired) electrons. The molecule has 21 heavy (non-hydrogen) atoms. The minimum absolute atomic E-state index is 0.352. The predicted molar refractivity (Wildman–Crippen MR) is 81.3 cm³/mol. The van der Waals surface area contributed by atoms with E-state index in [1.807, 2.05) is 24.7 Å². The second-order valence-corrected chi connectivity index (χ2v) is 4.63. The van der Waals surface area contributed by atoms with Gasteiger partial charge >= 0.3 is 6.01 Å². The first-order valence-electron chi connectivity index (χ1n) is 7.42. The van der Waals surface area contributed by atoms with Crippen molar-refractivity contribution < 1.29 is 4.74 Å². The lowest BCUT2D eigenvalue weighted by molar-refractivity contribution is 0.292. The lowest BCUT2D eigenvalue weighted by Gasteiger charge is -2.08. The molecule has 0 aromatic carbocycles. The summed E-state index contributed by atoms with van der Waals surface area (Å²) < 4.78 is 7.38. The van der Waals surface area contributed by atoms with Crippen LogP contribution < -0.4 is 10.1 Å². The van der Waals surface area contributed by atoms with E-state index in [-0.39, 0.29) is 0 Å². The van der Waals surface area contributed by atoms with Crippen molar-refractivity contribution in [1.82, 2.24) is 24.7 Å². The van der Waals surface area contributed by atoms with Crippen LogP contribution in [0.5, 0.6) is 6.01 Å². The molecule has 0 fully saturated rings. The fourth-order valence-corrected chi connectivity index (χ4v) is 1.71. The minimum Gasteiger partial charge on any atom is -0.463 e. The Kier molecular flexibility index (Phi) is 5.48. The number of nitrogens with one attached hydrogen (secondary N) is 1. The van der Waals surface area contributed by atoms with Crippen LogP contribution in [0.25, 0.3) is 11.4 Å². The molecule has 2 heterocycles. The molecular weight excluding hydrogens is 268 g/mol. The van der Waals surface area contributed by atoms with Gasteiger partial charge in [-0.15, -0.1) is 0 Å². The van der Waals surface area contributed by atoms with Gasteiger partial charge in [-0.25, -0.2) is 0 Å². The van der Waals surface area contributed by atoms with E-state index in [1.54, 1.807) is 6.20 Å². The first-order chi connectivity index (χ1) is 10.3. The number of aryl methyl sites for hydroxylation is 1. The molecule has 0 amide bonds. The van der Waals surface area contributed by atoms with Gasteiger partial charge in [0.15, 0.2) is 5.82 Å². The largest absolute Gasteiger partial charge is 0.463 e. The van der Waals surface area contributed by atoms with Crippen molar-refractivity contribution in [1.29, 1.82) is 0 Å². The van der Waals surface area contributed by atoms with Gasteiger partial charge in [-0.05, 0) is 19.8 Å². The quantitative estimate of drug-likeness (QED) is 0.804. The molecule has 2 rings (SSSR count). The van der Waals surface area contributed by atoms with Crippen molar-refractivity contribution in [2.45, 2.75) is 40.2 Å².